The topological polar surface area (TPSA) is 76.2 Å². The van der Waals surface area contributed by atoms with Crippen LogP contribution in [0.1, 0.15) is 31.3 Å². The fraction of sp³-hybridized carbons (Fsp3) is 0.273. The van der Waals surface area contributed by atoms with Crippen LogP contribution in [0, 0.1) is 5.92 Å². The lowest BCUT2D eigenvalue weighted by Crippen LogP contribution is -2.31. The zero-order chi connectivity index (χ0) is 20.1. The van der Waals surface area contributed by atoms with Gasteiger partial charge in [0.05, 0.1) is 31.3 Å². The third-order valence-electron chi connectivity index (χ3n) is 4.50. The Labute approximate surface area is 164 Å². The first-order valence-corrected chi connectivity index (χ1v) is 9.17. The molecule has 2 aromatic carbocycles. The molecule has 1 atom stereocenters. The second kappa shape index (κ2) is 8.61. The zero-order valence-electron chi connectivity index (χ0n) is 16.5. The van der Waals surface area contributed by atoms with E-state index in [1.54, 1.807) is 20.3 Å². The number of methoxy groups -OCH3 is 2. The van der Waals surface area contributed by atoms with Crippen LogP contribution < -0.4 is 14.8 Å². The minimum atomic E-state index is -0.213. The van der Waals surface area contributed by atoms with E-state index in [-0.39, 0.29) is 17.9 Å². The Bertz CT molecular complexity index is 959. The molecular weight excluding hydrogens is 354 g/mol. The molecule has 3 aromatic rings. The largest absolute Gasteiger partial charge is 0.493 e. The molecule has 0 radical (unpaired) electrons. The van der Waals surface area contributed by atoms with Gasteiger partial charge in [0.25, 0.3) is 0 Å². The molecule has 146 valence electrons. The average Bonchev–Trinajstić information content (AvgIpc) is 3.13. The third kappa shape index (κ3) is 4.34. The van der Waals surface area contributed by atoms with Crippen molar-refractivity contribution in [3.8, 4) is 11.5 Å². The van der Waals surface area contributed by atoms with E-state index in [2.05, 4.69) is 29.1 Å². The summed E-state index contributed by atoms with van der Waals surface area (Å²) >= 11 is 0. The van der Waals surface area contributed by atoms with Gasteiger partial charge in [-0.2, -0.15) is 0 Å². The molecule has 3 rings (SSSR count). The second-order valence-electron chi connectivity index (χ2n) is 6.82. The van der Waals surface area contributed by atoms with Gasteiger partial charge in [-0.1, -0.05) is 32.0 Å². The van der Waals surface area contributed by atoms with E-state index in [4.69, 9.17) is 9.47 Å². The van der Waals surface area contributed by atoms with Crippen molar-refractivity contribution in [1.29, 1.82) is 0 Å². The first kappa shape index (κ1) is 19.5. The molecule has 1 unspecified atom stereocenters. The molecular formula is C22H25N3O3. The summed E-state index contributed by atoms with van der Waals surface area (Å²) in [6, 6.07) is 13.1. The summed E-state index contributed by atoms with van der Waals surface area (Å²) in [4.78, 5) is 20.4. The van der Waals surface area contributed by atoms with Crippen molar-refractivity contribution in [3.05, 3.63) is 59.9 Å². The smallest absolute Gasteiger partial charge is 0.244 e. The van der Waals surface area contributed by atoms with Gasteiger partial charge < -0.3 is 19.8 Å². The van der Waals surface area contributed by atoms with Gasteiger partial charge in [0.15, 0.2) is 11.5 Å². The highest BCUT2D eigenvalue weighted by Gasteiger charge is 2.21. The molecule has 0 fully saturated rings. The molecule has 2 N–H and O–H groups in total. The van der Waals surface area contributed by atoms with E-state index in [1.807, 2.05) is 42.5 Å². The predicted molar refractivity (Wildman–Crippen MR) is 110 cm³/mol. The van der Waals surface area contributed by atoms with Crippen molar-refractivity contribution < 1.29 is 14.3 Å². The van der Waals surface area contributed by atoms with E-state index < -0.39 is 0 Å². The predicted octanol–water partition coefficient (Wildman–Crippen LogP) is 4.11. The number of nitrogens with one attached hydrogen (secondary N) is 2. The molecule has 6 nitrogen and oxygen atoms in total. The molecule has 0 bridgehead atoms. The molecule has 0 aliphatic carbocycles. The van der Waals surface area contributed by atoms with Gasteiger partial charge >= 0.3 is 0 Å². The van der Waals surface area contributed by atoms with Gasteiger partial charge in [-0.05, 0) is 41.8 Å². The van der Waals surface area contributed by atoms with Gasteiger partial charge in [-0.15, -0.1) is 0 Å². The third-order valence-corrected chi connectivity index (χ3v) is 4.50. The fourth-order valence-corrected chi connectivity index (χ4v) is 3.00. The minimum absolute atomic E-state index is 0.180. The van der Waals surface area contributed by atoms with E-state index >= 15 is 0 Å². The van der Waals surface area contributed by atoms with Crippen LogP contribution in [-0.2, 0) is 4.79 Å². The maximum Gasteiger partial charge on any atom is 0.244 e. The number of H-pyrrole nitrogens is 1. The van der Waals surface area contributed by atoms with Crippen molar-refractivity contribution in [3.63, 3.8) is 0 Å². The van der Waals surface area contributed by atoms with Crippen molar-refractivity contribution in [2.75, 3.05) is 14.2 Å². The van der Waals surface area contributed by atoms with Crippen LogP contribution in [-0.4, -0.2) is 30.1 Å². The second-order valence-corrected chi connectivity index (χ2v) is 6.82. The highest BCUT2D eigenvalue weighted by Crippen LogP contribution is 2.28. The maximum atomic E-state index is 12.5. The molecule has 0 saturated carbocycles. The van der Waals surface area contributed by atoms with E-state index in [0.29, 0.717) is 11.5 Å². The number of benzene rings is 2. The molecule has 0 aliphatic heterocycles. The van der Waals surface area contributed by atoms with Crippen LogP contribution in [0.2, 0.25) is 0 Å². The minimum Gasteiger partial charge on any atom is -0.493 e. The standard InChI is InChI=1S/C22H25N3O3/c1-14(2)21(22-23-16-7-5-6-8-17(16)24-22)25-20(26)12-10-15-9-11-18(27-3)19(13-15)28-4/h5-14,21H,1-4H3,(H,23,24)(H,25,26). The number of imidazole rings is 1. The summed E-state index contributed by atoms with van der Waals surface area (Å²) in [6.07, 6.45) is 3.26. The van der Waals surface area contributed by atoms with Gasteiger partial charge in [-0.3, -0.25) is 4.79 Å². The van der Waals surface area contributed by atoms with Gasteiger partial charge in [0.1, 0.15) is 5.82 Å². The van der Waals surface area contributed by atoms with Crippen LogP contribution in [0.15, 0.2) is 48.5 Å². The number of carbonyl (C=O) groups excluding carboxylic acids is 1. The summed E-state index contributed by atoms with van der Waals surface area (Å²) in [5.41, 5.74) is 2.69. The summed E-state index contributed by atoms with van der Waals surface area (Å²) in [5.74, 6) is 2.01. The number of aromatic nitrogens is 2. The fourth-order valence-electron chi connectivity index (χ4n) is 3.00. The van der Waals surface area contributed by atoms with Crippen molar-refractivity contribution >= 4 is 23.0 Å². The van der Waals surface area contributed by atoms with Crippen LogP contribution in [0.4, 0.5) is 0 Å². The molecule has 0 aliphatic rings. The number of hydrogen-bond acceptors (Lipinski definition) is 4. The number of amides is 1. The lowest BCUT2D eigenvalue weighted by molar-refractivity contribution is -0.117. The summed E-state index contributed by atoms with van der Waals surface area (Å²) < 4.78 is 10.5. The van der Waals surface area contributed by atoms with Crippen molar-refractivity contribution in [1.82, 2.24) is 15.3 Å². The van der Waals surface area contributed by atoms with Crippen LogP contribution in [0.5, 0.6) is 11.5 Å². The summed E-state index contributed by atoms with van der Waals surface area (Å²) in [6.45, 7) is 4.10. The number of carbonyl (C=O) groups is 1. The number of nitrogens with zero attached hydrogens (tertiary/aromatic N) is 1. The highest BCUT2D eigenvalue weighted by molar-refractivity contribution is 5.92. The maximum absolute atomic E-state index is 12.5. The molecule has 1 amide bonds. The van der Waals surface area contributed by atoms with Crippen molar-refractivity contribution in [2.45, 2.75) is 19.9 Å². The lowest BCUT2D eigenvalue weighted by atomic mass is 10.0. The van der Waals surface area contributed by atoms with Gasteiger partial charge in [0, 0.05) is 6.08 Å². The molecule has 28 heavy (non-hydrogen) atoms. The Kier molecular flexibility index (Phi) is 5.99. The summed E-state index contributed by atoms with van der Waals surface area (Å²) in [7, 11) is 3.17. The normalized spacial score (nSPS) is 12.5. The molecule has 1 aromatic heterocycles. The zero-order valence-corrected chi connectivity index (χ0v) is 16.5. The molecule has 0 saturated heterocycles. The number of rotatable bonds is 7. The Morgan fingerprint density at radius 2 is 1.86 bits per heavy atom. The highest BCUT2D eigenvalue weighted by atomic mass is 16.5. The van der Waals surface area contributed by atoms with E-state index in [9.17, 15) is 4.79 Å². The molecule has 6 heteroatoms. The number of fused-ring (bicyclic) bond motifs is 1. The lowest BCUT2D eigenvalue weighted by Gasteiger charge is -2.19. The van der Waals surface area contributed by atoms with Crippen LogP contribution >= 0.6 is 0 Å². The number of para-hydroxylation sites is 2. The number of ether oxygens (including phenoxy) is 2. The van der Waals surface area contributed by atoms with E-state index in [1.165, 1.54) is 6.08 Å². The molecule has 0 spiro atoms. The number of aromatic amines is 1. The van der Waals surface area contributed by atoms with E-state index in [0.717, 1.165) is 22.4 Å². The summed E-state index contributed by atoms with van der Waals surface area (Å²) in [5, 5.41) is 3.04. The number of hydrogen-bond donors (Lipinski definition) is 2. The first-order valence-electron chi connectivity index (χ1n) is 9.17. The van der Waals surface area contributed by atoms with Crippen LogP contribution in [0.25, 0.3) is 17.1 Å². The average molecular weight is 379 g/mol. The van der Waals surface area contributed by atoms with Gasteiger partial charge in [-0.25, -0.2) is 4.98 Å². The Hall–Kier alpha value is -3.28. The Balaban J connectivity index is 1.75. The Morgan fingerprint density at radius 1 is 1.11 bits per heavy atom. The molecule has 1 heterocycles. The van der Waals surface area contributed by atoms with Crippen LogP contribution in [0.3, 0.4) is 0 Å². The quantitative estimate of drug-likeness (QED) is 0.606. The monoisotopic (exact) mass is 379 g/mol. The SMILES string of the molecule is COc1ccc(C=CC(=O)NC(c2nc3ccccc3[nH]2)C(C)C)cc1OC. The van der Waals surface area contributed by atoms with Gasteiger partial charge in [0.2, 0.25) is 5.91 Å². The van der Waals surface area contributed by atoms with Crippen molar-refractivity contribution in [2.24, 2.45) is 5.92 Å². The first-order chi connectivity index (χ1) is 13.5. The Morgan fingerprint density at radius 3 is 2.54 bits per heavy atom.